The van der Waals surface area contributed by atoms with Crippen LogP contribution < -0.4 is 14.8 Å². The summed E-state index contributed by atoms with van der Waals surface area (Å²) in [7, 11) is 1.41. The van der Waals surface area contributed by atoms with Crippen molar-refractivity contribution in [1.82, 2.24) is 0 Å². The van der Waals surface area contributed by atoms with Crippen LogP contribution in [0.1, 0.15) is 23.7 Å². The molecule has 2 rings (SSSR count). The lowest BCUT2D eigenvalue weighted by atomic mass is 10.1. The third kappa shape index (κ3) is 3.94. The second-order valence-corrected chi connectivity index (χ2v) is 5.30. The lowest BCUT2D eigenvalue weighted by Crippen LogP contribution is -2.14. The molecule has 0 aromatic heterocycles. The number of methoxy groups -OCH3 is 1. The number of para-hydroxylation sites is 1. The highest BCUT2D eigenvalue weighted by molar-refractivity contribution is 6.32. The third-order valence-electron chi connectivity index (χ3n) is 3.14. The molecule has 4 nitrogen and oxygen atoms in total. The van der Waals surface area contributed by atoms with E-state index in [9.17, 15) is 13.6 Å². The quantitative estimate of drug-likeness (QED) is 0.819. The fraction of sp³-hybridized carbons (Fsp3) is 0.235. The molecule has 0 spiro atoms. The summed E-state index contributed by atoms with van der Waals surface area (Å²) in [4.78, 5) is 12.3. The summed E-state index contributed by atoms with van der Waals surface area (Å²) < 4.78 is 37.9. The van der Waals surface area contributed by atoms with Gasteiger partial charge in [-0.25, -0.2) is 8.78 Å². The molecule has 0 aliphatic rings. The van der Waals surface area contributed by atoms with Gasteiger partial charge in [0, 0.05) is 5.56 Å². The van der Waals surface area contributed by atoms with E-state index in [-0.39, 0.29) is 16.3 Å². The zero-order chi connectivity index (χ0) is 17.7. The van der Waals surface area contributed by atoms with Crippen molar-refractivity contribution in [3.63, 3.8) is 0 Å². The van der Waals surface area contributed by atoms with Crippen molar-refractivity contribution >= 4 is 23.2 Å². The van der Waals surface area contributed by atoms with Crippen LogP contribution in [0.2, 0.25) is 5.02 Å². The number of anilines is 1. The van der Waals surface area contributed by atoms with E-state index in [2.05, 4.69) is 5.32 Å². The standard InChI is InChI=1S/C17H16ClF2NO3/c1-3-7-24-16-11(18)8-10(9-14(16)23-2)17(22)21-15-12(19)5-4-6-13(15)20/h4-6,8-9H,3,7H2,1-2H3,(H,21,22). The molecule has 0 radical (unpaired) electrons. The van der Waals surface area contributed by atoms with Gasteiger partial charge in [-0.3, -0.25) is 4.79 Å². The monoisotopic (exact) mass is 355 g/mol. The Bertz CT molecular complexity index is 733. The van der Waals surface area contributed by atoms with Gasteiger partial charge in [0.25, 0.3) is 5.91 Å². The number of rotatable bonds is 6. The van der Waals surface area contributed by atoms with Crippen LogP contribution in [0.3, 0.4) is 0 Å². The van der Waals surface area contributed by atoms with Gasteiger partial charge in [0.1, 0.15) is 17.3 Å². The van der Waals surface area contributed by atoms with Gasteiger partial charge in [0.2, 0.25) is 0 Å². The zero-order valence-electron chi connectivity index (χ0n) is 13.2. The molecule has 2 aromatic carbocycles. The molecule has 0 aliphatic carbocycles. The molecule has 2 aromatic rings. The normalized spacial score (nSPS) is 10.4. The van der Waals surface area contributed by atoms with E-state index >= 15 is 0 Å². The fourth-order valence-electron chi connectivity index (χ4n) is 2.00. The minimum Gasteiger partial charge on any atom is -0.493 e. The maximum absolute atomic E-state index is 13.6. The summed E-state index contributed by atoms with van der Waals surface area (Å²) in [5.74, 6) is -1.89. The smallest absolute Gasteiger partial charge is 0.256 e. The van der Waals surface area contributed by atoms with Crippen LogP contribution in [-0.4, -0.2) is 19.6 Å². The molecule has 24 heavy (non-hydrogen) atoms. The van der Waals surface area contributed by atoms with Crippen LogP contribution in [0.25, 0.3) is 0 Å². The van der Waals surface area contributed by atoms with Crippen LogP contribution in [0.5, 0.6) is 11.5 Å². The molecule has 0 aliphatic heterocycles. The number of benzene rings is 2. The molecule has 0 fully saturated rings. The first-order chi connectivity index (χ1) is 11.5. The van der Waals surface area contributed by atoms with Gasteiger partial charge in [-0.05, 0) is 30.7 Å². The van der Waals surface area contributed by atoms with Gasteiger partial charge in [-0.2, -0.15) is 0 Å². The molecular formula is C17H16ClF2NO3. The SMILES string of the molecule is CCCOc1c(Cl)cc(C(=O)Nc2c(F)cccc2F)cc1OC. The van der Waals surface area contributed by atoms with Crippen molar-refractivity contribution in [2.45, 2.75) is 13.3 Å². The van der Waals surface area contributed by atoms with Crippen molar-refractivity contribution in [1.29, 1.82) is 0 Å². The summed E-state index contributed by atoms with van der Waals surface area (Å²) >= 11 is 6.13. The molecule has 0 bridgehead atoms. The van der Waals surface area contributed by atoms with Crippen LogP contribution in [0.4, 0.5) is 14.5 Å². The van der Waals surface area contributed by atoms with E-state index < -0.39 is 23.2 Å². The zero-order valence-corrected chi connectivity index (χ0v) is 13.9. The van der Waals surface area contributed by atoms with Crippen LogP contribution in [0.15, 0.2) is 30.3 Å². The Balaban J connectivity index is 2.31. The molecule has 7 heteroatoms. The van der Waals surface area contributed by atoms with Gasteiger partial charge < -0.3 is 14.8 Å². The van der Waals surface area contributed by atoms with Gasteiger partial charge in [-0.15, -0.1) is 0 Å². The van der Waals surface area contributed by atoms with Crippen molar-refractivity contribution in [2.24, 2.45) is 0 Å². The van der Waals surface area contributed by atoms with E-state index in [4.69, 9.17) is 21.1 Å². The Morgan fingerprint density at radius 2 is 1.92 bits per heavy atom. The van der Waals surface area contributed by atoms with E-state index in [0.29, 0.717) is 12.4 Å². The number of hydrogen-bond donors (Lipinski definition) is 1. The Morgan fingerprint density at radius 1 is 1.25 bits per heavy atom. The van der Waals surface area contributed by atoms with Crippen LogP contribution in [0, 0.1) is 11.6 Å². The summed E-state index contributed by atoms with van der Waals surface area (Å²) in [6.07, 6.45) is 0.772. The number of hydrogen-bond acceptors (Lipinski definition) is 3. The van der Waals surface area contributed by atoms with Gasteiger partial charge in [0.05, 0.1) is 18.7 Å². The number of ether oxygens (including phenoxy) is 2. The first kappa shape index (κ1) is 18.0. The van der Waals surface area contributed by atoms with Crippen molar-refractivity contribution < 1.29 is 23.0 Å². The average Bonchev–Trinajstić information content (AvgIpc) is 2.56. The fourth-order valence-corrected chi connectivity index (χ4v) is 2.26. The highest BCUT2D eigenvalue weighted by Gasteiger charge is 2.18. The number of nitrogens with one attached hydrogen (secondary N) is 1. The highest BCUT2D eigenvalue weighted by atomic mass is 35.5. The van der Waals surface area contributed by atoms with Gasteiger partial charge in [-0.1, -0.05) is 24.6 Å². The highest BCUT2D eigenvalue weighted by Crippen LogP contribution is 2.36. The topological polar surface area (TPSA) is 47.6 Å². The third-order valence-corrected chi connectivity index (χ3v) is 3.42. The number of carbonyl (C=O) groups is 1. The maximum Gasteiger partial charge on any atom is 0.256 e. The summed E-state index contributed by atoms with van der Waals surface area (Å²) in [5.41, 5.74) is -0.438. The van der Waals surface area contributed by atoms with Gasteiger partial charge in [0.15, 0.2) is 11.5 Å². The molecular weight excluding hydrogens is 340 g/mol. The predicted octanol–water partition coefficient (Wildman–Crippen LogP) is 4.67. The van der Waals surface area contributed by atoms with E-state index in [1.165, 1.54) is 25.3 Å². The average molecular weight is 356 g/mol. The summed E-state index contributed by atoms with van der Waals surface area (Å²) in [6.45, 7) is 2.37. The van der Waals surface area contributed by atoms with Crippen molar-refractivity contribution in [3.8, 4) is 11.5 Å². The second kappa shape index (κ2) is 7.97. The largest absolute Gasteiger partial charge is 0.493 e. The van der Waals surface area contributed by atoms with Crippen molar-refractivity contribution in [2.75, 3.05) is 19.0 Å². The molecule has 1 N–H and O–H groups in total. The molecule has 0 unspecified atom stereocenters. The summed E-state index contributed by atoms with van der Waals surface area (Å²) in [6, 6.07) is 6.05. The Kier molecular flexibility index (Phi) is 5.98. The molecule has 0 saturated carbocycles. The maximum atomic E-state index is 13.6. The molecule has 1 amide bonds. The van der Waals surface area contributed by atoms with Crippen LogP contribution in [-0.2, 0) is 0 Å². The van der Waals surface area contributed by atoms with Crippen LogP contribution >= 0.6 is 11.6 Å². The molecule has 0 heterocycles. The molecule has 128 valence electrons. The Hall–Kier alpha value is -2.34. The minimum atomic E-state index is -0.871. The van der Waals surface area contributed by atoms with Crippen molar-refractivity contribution in [3.05, 3.63) is 52.6 Å². The lowest BCUT2D eigenvalue weighted by molar-refractivity contribution is 0.102. The number of carbonyl (C=O) groups excluding carboxylic acids is 1. The Labute approximate surface area is 143 Å². The van der Waals surface area contributed by atoms with Gasteiger partial charge >= 0.3 is 0 Å². The summed E-state index contributed by atoms with van der Waals surface area (Å²) in [5, 5.41) is 2.36. The number of halogens is 3. The van der Waals surface area contributed by atoms with E-state index in [1.54, 1.807) is 0 Å². The minimum absolute atomic E-state index is 0.0864. The first-order valence-electron chi connectivity index (χ1n) is 7.23. The second-order valence-electron chi connectivity index (χ2n) is 4.89. The first-order valence-corrected chi connectivity index (χ1v) is 7.61. The van der Waals surface area contributed by atoms with E-state index in [1.807, 2.05) is 6.92 Å². The van der Waals surface area contributed by atoms with E-state index in [0.717, 1.165) is 18.6 Å². The predicted molar refractivity (Wildman–Crippen MR) is 88.1 cm³/mol. The lowest BCUT2D eigenvalue weighted by Gasteiger charge is -2.14. The molecule has 0 saturated heterocycles. The number of amides is 1. The Morgan fingerprint density at radius 3 is 2.50 bits per heavy atom. The molecule has 0 atom stereocenters.